The predicted octanol–water partition coefficient (Wildman–Crippen LogP) is 2.04. The number of rotatable bonds is 3. The third-order valence-electron chi connectivity index (χ3n) is 5.04. The van der Waals surface area contributed by atoms with Crippen molar-refractivity contribution in [3.05, 3.63) is 17.8 Å². The van der Waals surface area contributed by atoms with Crippen LogP contribution >= 0.6 is 36.2 Å². The topological polar surface area (TPSA) is 61.4 Å². The van der Waals surface area contributed by atoms with Crippen molar-refractivity contribution in [2.45, 2.75) is 6.92 Å². The van der Waals surface area contributed by atoms with Gasteiger partial charge in [-0.15, -0.1) is 36.2 Å². The highest BCUT2D eigenvalue weighted by atomic mass is 35.5. The van der Waals surface area contributed by atoms with Crippen molar-refractivity contribution in [2.24, 2.45) is 11.8 Å². The molecule has 2 aliphatic rings. The number of hydrogen-bond acceptors (Lipinski definition) is 6. The molecule has 25 heavy (non-hydrogen) atoms. The molecule has 138 valence electrons. The number of thiophene rings is 1. The van der Waals surface area contributed by atoms with E-state index < -0.39 is 0 Å². The van der Waals surface area contributed by atoms with Crippen molar-refractivity contribution in [1.29, 1.82) is 0 Å². The molecule has 9 heteroatoms. The van der Waals surface area contributed by atoms with Crippen LogP contribution in [0.15, 0.2) is 17.8 Å². The Morgan fingerprint density at radius 2 is 1.96 bits per heavy atom. The molecule has 0 saturated carbocycles. The van der Waals surface area contributed by atoms with Crippen LogP contribution in [0.25, 0.3) is 10.2 Å². The molecular formula is C16H23Cl2N5OS. The highest BCUT2D eigenvalue weighted by molar-refractivity contribution is 7.16. The van der Waals surface area contributed by atoms with Crippen molar-refractivity contribution >= 4 is 58.1 Å². The zero-order valence-electron chi connectivity index (χ0n) is 14.1. The summed E-state index contributed by atoms with van der Waals surface area (Å²) < 4.78 is 0. The van der Waals surface area contributed by atoms with Crippen LogP contribution in [-0.2, 0) is 4.79 Å². The van der Waals surface area contributed by atoms with Gasteiger partial charge in [0.25, 0.3) is 0 Å². The normalized spacial score (nSPS) is 18.9. The Kier molecular flexibility index (Phi) is 6.85. The van der Waals surface area contributed by atoms with Gasteiger partial charge in [-0.05, 0) is 30.5 Å². The lowest BCUT2D eigenvalue weighted by Gasteiger charge is -2.39. The van der Waals surface area contributed by atoms with Crippen LogP contribution in [0.3, 0.4) is 0 Å². The number of amides is 1. The average molecular weight is 404 g/mol. The number of fused-ring (bicyclic) bond motifs is 1. The van der Waals surface area contributed by atoms with Gasteiger partial charge in [0.2, 0.25) is 5.91 Å². The summed E-state index contributed by atoms with van der Waals surface area (Å²) in [6, 6.07) is 2.08. The van der Waals surface area contributed by atoms with E-state index in [1.54, 1.807) is 17.7 Å². The molecule has 1 unspecified atom stereocenters. The Morgan fingerprint density at radius 3 is 2.60 bits per heavy atom. The number of hydrogen-bond donors (Lipinski definition) is 1. The molecule has 4 rings (SSSR count). The van der Waals surface area contributed by atoms with Crippen molar-refractivity contribution in [2.75, 3.05) is 44.2 Å². The summed E-state index contributed by atoms with van der Waals surface area (Å²) in [7, 11) is 0. The predicted molar refractivity (Wildman–Crippen MR) is 106 cm³/mol. The first-order valence-electron chi connectivity index (χ1n) is 8.16. The van der Waals surface area contributed by atoms with E-state index in [1.807, 2.05) is 4.90 Å². The minimum Gasteiger partial charge on any atom is -0.352 e. The summed E-state index contributed by atoms with van der Waals surface area (Å²) >= 11 is 1.64. The van der Waals surface area contributed by atoms with E-state index in [-0.39, 0.29) is 30.7 Å². The molecule has 2 saturated heterocycles. The monoisotopic (exact) mass is 403 g/mol. The molecule has 0 radical (unpaired) electrons. The van der Waals surface area contributed by atoms with Crippen LogP contribution in [0, 0.1) is 11.8 Å². The Bertz CT molecular complexity index is 715. The smallest absolute Gasteiger partial charge is 0.225 e. The van der Waals surface area contributed by atoms with Crippen LogP contribution < -0.4 is 10.2 Å². The van der Waals surface area contributed by atoms with Gasteiger partial charge in [0.05, 0.1) is 5.39 Å². The second-order valence-electron chi connectivity index (χ2n) is 6.36. The van der Waals surface area contributed by atoms with E-state index in [1.165, 1.54) is 0 Å². The number of anilines is 1. The third-order valence-corrected chi connectivity index (χ3v) is 5.86. The lowest BCUT2D eigenvalue weighted by Crippen LogP contribution is -2.54. The largest absolute Gasteiger partial charge is 0.352 e. The fraction of sp³-hybridized carbons (Fsp3) is 0.562. The van der Waals surface area contributed by atoms with E-state index in [4.69, 9.17) is 0 Å². The third kappa shape index (κ3) is 3.84. The van der Waals surface area contributed by atoms with E-state index in [0.717, 1.165) is 55.3 Å². The molecule has 1 atom stereocenters. The molecule has 0 spiro atoms. The number of piperazine rings is 1. The van der Waals surface area contributed by atoms with Crippen LogP contribution in [-0.4, -0.2) is 60.0 Å². The van der Waals surface area contributed by atoms with E-state index in [9.17, 15) is 4.79 Å². The Morgan fingerprint density at radius 1 is 1.24 bits per heavy atom. The van der Waals surface area contributed by atoms with Crippen molar-refractivity contribution < 1.29 is 4.79 Å². The molecule has 4 heterocycles. The fourth-order valence-electron chi connectivity index (χ4n) is 3.32. The van der Waals surface area contributed by atoms with Crippen LogP contribution in [0.1, 0.15) is 6.92 Å². The van der Waals surface area contributed by atoms with Gasteiger partial charge in [-0.2, -0.15) is 0 Å². The zero-order chi connectivity index (χ0) is 15.8. The lowest BCUT2D eigenvalue weighted by molar-refractivity contribution is -0.137. The first-order chi connectivity index (χ1) is 11.2. The van der Waals surface area contributed by atoms with E-state index in [0.29, 0.717) is 11.8 Å². The van der Waals surface area contributed by atoms with Crippen molar-refractivity contribution in [3.63, 3.8) is 0 Å². The maximum atomic E-state index is 12.6. The number of nitrogens with one attached hydrogen (secondary N) is 1. The van der Waals surface area contributed by atoms with Gasteiger partial charge in [0.1, 0.15) is 17.0 Å². The minimum atomic E-state index is 0. The fourth-order valence-corrected chi connectivity index (χ4v) is 4.05. The van der Waals surface area contributed by atoms with Gasteiger partial charge in [-0.1, -0.05) is 6.92 Å². The van der Waals surface area contributed by atoms with Crippen LogP contribution in [0.2, 0.25) is 0 Å². The average Bonchev–Trinajstić information content (AvgIpc) is 3.01. The summed E-state index contributed by atoms with van der Waals surface area (Å²) in [6.45, 7) is 7.25. The van der Waals surface area contributed by atoms with E-state index >= 15 is 0 Å². The van der Waals surface area contributed by atoms with Gasteiger partial charge in [-0.3, -0.25) is 4.79 Å². The maximum absolute atomic E-state index is 12.6. The number of halogens is 2. The Balaban J connectivity index is 0.00000113. The van der Waals surface area contributed by atoms with Crippen LogP contribution in [0.5, 0.6) is 0 Å². The molecule has 2 aromatic rings. The molecule has 0 aromatic carbocycles. The van der Waals surface area contributed by atoms with Gasteiger partial charge in [0, 0.05) is 32.1 Å². The second kappa shape index (κ2) is 8.49. The molecule has 2 fully saturated rings. The van der Waals surface area contributed by atoms with Crippen molar-refractivity contribution in [1.82, 2.24) is 20.2 Å². The molecule has 0 bridgehead atoms. The number of carbonyl (C=O) groups excluding carboxylic acids is 1. The standard InChI is InChI=1S/C16H21N5OS.2ClH/c1-11(12-8-17-9-12)16(22)21-5-3-20(4-6-21)14-13-2-7-23-15(13)19-10-18-14;;/h2,7,10-12,17H,3-6,8-9H2,1H3;2*1H. The highest BCUT2D eigenvalue weighted by Gasteiger charge is 2.33. The number of aromatic nitrogens is 2. The summed E-state index contributed by atoms with van der Waals surface area (Å²) in [5, 5.41) is 6.42. The van der Waals surface area contributed by atoms with Gasteiger partial charge >= 0.3 is 0 Å². The quantitative estimate of drug-likeness (QED) is 0.849. The van der Waals surface area contributed by atoms with Gasteiger partial charge in [0.15, 0.2) is 0 Å². The summed E-state index contributed by atoms with van der Waals surface area (Å²) in [6.07, 6.45) is 1.64. The highest BCUT2D eigenvalue weighted by Crippen LogP contribution is 2.27. The lowest BCUT2D eigenvalue weighted by atomic mass is 9.88. The molecular weight excluding hydrogens is 381 g/mol. The van der Waals surface area contributed by atoms with Crippen molar-refractivity contribution in [3.8, 4) is 0 Å². The van der Waals surface area contributed by atoms with Crippen LogP contribution in [0.4, 0.5) is 5.82 Å². The Hall–Kier alpha value is -1.15. The molecule has 1 N–H and O–H groups in total. The Labute approximate surface area is 163 Å². The molecule has 1 amide bonds. The summed E-state index contributed by atoms with van der Waals surface area (Å²) in [4.78, 5) is 26.7. The zero-order valence-corrected chi connectivity index (χ0v) is 16.5. The van der Waals surface area contributed by atoms with Gasteiger partial charge < -0.3 is 15.1 Å². The molecule has 6 nitrogen and oxygen atoms in total. The maximum Gasteiger partial charge on any atom is 0.225 e. The van der Waals surface area contributed by atoms with E-state index in [2.05, 4.69) is 38.6 Å². The first kappa shape index (κ1) is 20.2. The molecule has 2 aliphatic heterocycles. The molecule has 2 aromatic heterocycles. The molecule has 0 aliphatic carbocycles. The summed E-state index contributed by atoms with van der Waals surface area (Å²) in [5.41, 5.74) is 0. The second-order valence-corrected chi connectivity index (χ2v) is 7.25. The minimum absolute atomic E-state index is 0. The first-order valence-corrected chi connectivity index (χ1v) is 9.04. The number of carbonyl (C=O) groups is 1. The SMILES string of the molecule is CC(C(=O)N1CCN(c2ncnc3sccc23)CC1)C1CNC1.Cl.Cl. The van der Waals surface area contributed by atoms with Gasteiger partial charge in [-0.25, -0.2) is 9.97 Å². The number of nitrogens with zero attached hydrogens (tertiary/aromatic N) is 4. The summed E-state index contributed by atoms with van der Waals surface area (Å²) in [5.74, 6) is 1.94.